The zero-order chi connectivity index (χ0) is 24.0. The first-order valence-corrected chi connectivity index (χ1v) is 11.1. The first kappa shape index (κ1) is 24.2. The van der Waals surface area contributed by atoms with E-state index in [0.29, 0.717) is 18.4 Å². The smallest absolute Gasteiger partial charge is 0.305 e. The van der Waals surface area contributed by atoms with E-state index >= 15 is 0 Å². The van der Waals surface area contributed by atoms with Gasteiger partial charge in [-0.3, -0.25) is 9.59 Å². The average molecular weight is 449 g/mol. The maximum Gasteiger partial charge on any atom is 0.305 e. The molecule has 7 heteroatoms. The van der Waals surface area contributed by atoms with Gasteiger partial charge in [0.15, 0.2) is 0 Å². The van der Waals surface area contributed by atoms with E-state index in [0.717, 1.165) is 41.3 Å². The van der Waals surface area contributed by atoms with Crippen LogP contribution in [0.3, 0.4) is 0 Å². The summed E-state index contributed by atoms with van der Waals surface area (Å²) in [5, 5.41) is 7.57. The SMILES string of the molecule is COC(=O)CCc1c(C)nn(-c2ccc(C(=O)Nc3ccc(CCN(C)C)cc3)cc2)c1C. The first-order valence-electron chi connectivity index (χ1n) is 11.1. The third-order valence-electron chi connectivity index (χ3n) is 5.68. The van der Waals surface area contributed by atoms with Gasteiger partial charge in [0.05, 0.1) is 18.5 Å². The van der Waals surface area contributed by atoms with Crippen molar-refractivity contribution in [2.45, 2.75) is 33.1 Å². The summed E-state index contributed by atoms with van der Waals surface area (Å²) in [6.45, 7) is 4.90. The van der Waals surface area contributed by atoms with Crippen LogP contribution in [-0.2, 0) is 22.4 Å². The Morgan fingerprint density at radius 2 is 1.67 bits per heavy atom. The first-order chi connectivity index (χ1) is 15.8. The highest BCUT2D eigenvalue weighted by atomic mass is 16.5. The van der Waals surface area contributed by atoms with Crippen LogP contribution in [-0.4, -0.2) is 54.3 Å². The molecule has 0 bridgehead atoms. The normalized spacial score (nSPS) is 11.0. The molecule has 1 N–H and O–H groups in total. The largest absolute Gasteiger partial charge is 0.469 e. The Hall–Kier alpha value is -3.45. The number of benzene rings is 2. The molecule has 0 atom stereocenters. The van der Waals surface area contributed by atoms with Gasteiger partial charge in [0.1, 0.15) is 0 Å². The topological polar surface area (TPSA) is 76.5 Å². The van der Waals surface area contributed by atoms with Crippen molar-refractivity contribution in [1.29, 1.82) is 0 Å². The number of nitrogens with one attached hydrogen (secondary N) is 1. The molecule has 3 rings (SSSR count). The third kappa shape index (κ3) is 6.29. The van der Waals surface area contributed by atoms with Gasteiger partial charge in [-0.25, -0.2) is 4.68 Å². The van der Waals surface area contributed by atoms with Crippen molar-refractivity contribution < 1.29 is 14.3 Å². The van der Waals surface area contributed by atoms with Crippen molar-refractivity contribution in [1.82, 2.24) is 14.7 Å². The lowest BCUT2D eigenvalue weighted by molar-refractivity contribution is -0.140. The van der Waals surface area contributed by atoms with Crippen LogP contribution in [0, 0.1) is 13.8 Å². The molecule has 1 amide bonds. The molecular formula is C26H32N4O3. The van der Waals surface area contributed by atoms with Gasteiger partial charge < -0.3 is 15.0 Å². The number of carbonyl (C=O) groups excluding carboxylic acids is 2. The third-order valence-corrected chi connectivity index (χ3v) is 5.68. The molecule has 0 saturated heterocycles. The molecule has 33 heavy (non-hydrogen) atoms. The molecule has 0 spiro atoms. The molecule has 7 nitrogen and oxygen atoms in total. The molecular weight excluding hydrogens is 416 g/mol. The monoisotopic (exact) mass is 448 g/mol. The maximum atomic E-state index is 12.7. The second-order valence-electron chi connectivity index (χ2n) is 8.39. The molecule has 0 aliphatic carbocycles. The molecule has 0 aliphatic heterocycles. The summed E-state index contributed by atoms with van der Waals surface area (Å²) in [6.07, 6.45) is 1.87. The molecule has 0 aliphatic rings. The zero-order valence-electron chi connectivity index (χ0n) is 20.0. The summed E-state index contributed by atoms with van der Waals surface area (Å²) in [5.74, 6) is -0.394. The Balaban J connectivity index is 1.66. The number of esters is 1. The number of anilines is 1. The van der Waals surface area contributed by atoms with E-state index in [1.54, 1.807) is 12.1 Å². The minimum Gasteiger partial charge on any atom is -0.469 e. The Bertz CT molecular complexity index is 1100. The number of ether oxygens (including phenoxy) is 1. The van der Waals surface area contributed by atoms with E-state index in [1.165, 1.54) is 12.7 Å². The minimum absolute atomic E-state index is 0.158. The Labute approximate surface area is 195 Å². The number of hydrogen-bond donors (Lipinski definition) is 1. The second kappa shape index (κ2) is 10.9. The molecule has 0 unspecified atom stereocenters. The molecule has 1 aromatic heterocycles. The number of carbonyl (C=O) groups is 2. The molecule has 174 valence electrons. The summed E-state index contributed by atoms with van der Waals surface area (Å²) >= 11 is 0. The van der Waals surface area contributed by atoms with Gasteiger partial charge in [0, 0.05) is 29.9 Å². The summed E-state index contributed by atoms with van der Waals surface area (Å²) < 4.78 is 6.58. The van der Waals surface area contributed by atoms with Crippen LogP contribution < -0.4 is 5.32 Å². The van der Waals surface area contributed by atoms with Crippen molar-refractivity contribution in [3.63, 3.8) is 0 Å². The number of methoxy groups -OCH3 is 1. The van der Waals surface area contributed by atoms with Crippen LogP contribution >= 0.6 is 0 Å². The summed E-state index contributed by atoms with van der Waals surface area (Å²) in [5.41, 5.74) is 6.34. The van der Waals surface area contributed by atoms with Gasteiger partial charge in [0.25, 0.3) is 5.91 Å². The van der Waals surface area contributed by atoms with E-state index in [-0.39, 0.29) is 11.9 Å². The predicted octanol–water partition coefficient (Wildman–Crippen LogP) is 3.95. The lowest BCUT2D eigenvalue weighted by Gasteiger charge is -2.10. The van der Waals surface area contributed by atoms with Gasteiger partial charge in [-0.05, 0) is 88.3 Å². The number of hydrogen-bond acceptors (Lipinski definition) is 5. The van der Waals surface area contributed by atoms with E-state index < -0.39 is 0 Å². The van der Waals surface area contributed by atoms with E-state index in [1.807, 2.05) is 54.9 Å². The van der Waals surface area contributed by atoms with Gasteiger partial charge in [-0.15, -0.1) is 0 Å². The zero-order valence-corrected chi connectivity index (χ0v) is 20.0. The van der Waals surface area contributed by atoms with Crippen molar-refractivity contribution >= 4 is 17.6 Å². The highest BCUT2D eigenvalue weighted by Crippen LogP contribution is 2.20. The predicted molar refractivity (Wildman–Crippen MR) is 130 cm³/mol. The quantitative estimate of drug-likeness (QED) is 0.502. The van der Waals surface area contributed by atoms with E-state index in [9.17, 15) is 9.59 Å². The highest BCUT2D eigenvalue weighted by Gasteiger charge is 2.15. The molecule has 0 fully saturated rings. The number of amides is 1. The van der Waals surface area contributed by atoms with Crippen LogP contribution in [0.5, 0.6) is 0 Å². The minimum atomic E-state index is -0.236. The van der Waals surface area contributed by atoms with Crippen molar-refractivity contribution in [3.8, 4) is 5.69 Å². The lowest BCUT2D eigenvalue weighted by Crippen LogP contribution is -2.15. The van der Waals surface area contributed by atoms with Gasteiger partial charge in [0.2, 0.25) is 0 Å². The number of likely N-dealkylation sites (N-methyl/N-ethyl adjacent to an activating group) is 1. The molecule has 0 radical (unpaired) electrons. The lowest BCUT2D eigenvalue weighted by atomic mass is 10.1. The summed E-state index contributed by atoms with van der Waals surface area (Å²) in [6, 6.07) is 15.3. The van der Waals surface area contributed by atoms with Crippen molar-refractivity contribution in [3.05, 3.63) is 76.6 Å². The Kier molecular flexibility index (Phi) is 8.01. The van der Waals surface area contributed by atoms with E-state index in [4.69, 9.17) is 4.74 Å². The van der Waals surface area contributed by atoms with Crippen LogP contribution in [0.4, 0.5) is 5.69 Å². The molecule has 0 saturated carbocycles. The maximum absolute atomic E-state index is 12.7. The van der Waals surface area contributed by atoms with Crippen LogP contribution in [0.1, 0.15) is 39.3 Å². The highest BCUT2D eigenvalue weighted by molar-refractivity contribution is 6.04. The Morgan fingerprint density at radius 3 is 2.27 bits per heavy atom. The van der Waals surface area contributed by atoms with Crippen molar-refractivity contribution in [2.75, 3.05) is 33.1 Å². The van der Waals surface area contributed by atoms with Crippen LogP contribution in [0.15, 0.2) is 48.5 Å². The van der Waals surface area contributed by atoms with E-state index in [2.05, 4.69) is 29.4 Å². The molecule has 2 aromatic carbocycles. The summed E-state index contributed by atoms with van der Waals surface area (Å²) in [4.78, 5) is 26.3. The van der Waals surface area contributed by atoms with Crippen LogP contribution in [0.25, 0.3) is 5.69 Å². The summed E-state index contributed by atoms with van der Waals surface area (Å²) in [7, 11) is 5.50. The number of nitrogens with zero attached hydrogens (tertiary/aromatic N) is 3. The standard InChI is InChI=1S/C26H32N4O3/c1-18-24(14-15-25(31)33-5)19(2)30(28-18)23-12-8-21(9-13-23)26(32)27-22-10-6-20(7-11-22)16-17-29(3)4/h6-13H,14-17H2,1-5H3,(H,27,32). The van der Waals surface area contributed by atoms with Gasteiger partial charge in [-0.1, -0.05) is 12.1 Å². The average Bonchev–Trinajstić information content (AvgIpc) is 3.10. The second-order valence-corrected chi connectivity index (χ2v) is 8.39. The van der Waals surface area contributed by atoms with Crippen molar-refractivity contribution in [2.24, 2.45) is 0 Å². The fourth-order valence-electron chi connectivity index (χ4n) is 3.68. The fraction of sp³-hybridized carbons (Fsp3) is 0.346. The van der Waals surface area contributed by atoms with Crippen LogP contribution in [0.2, 0.25) is 0 Å². The number of aryl methyl sites for hydroxylation is 1. The number of aromatic nitrogens is 2. The number of rotatable bonds is 9. The fourth-order valence-corrected chi connectivity index (χ4v) is 3.68. The van der Waals surface area contributed by atoms with Gasteiger partial charge in [-0.2, -0.15) is 5.10 Å². The Morgan fingerprint density at radius 1 is 1.00 bits per heavy atom. The molecule has 3 aromatic rings. The van der Waals surface area contributed by atoms with Gasteiger partial charge >= 0.3 is 5.97 Å². The molecule has 1 heterocycles.